The van der Waals surface area contributed by atoms with E-state index in [2.05, 4.69) is 31.1 Å². The fourth-order valence-electron chi connectivity index (χ4n) is 2.93. The monoisotopic (exact) mass is 305 g/mol. The molecule has 1 aliphatic heterocycles. The predicted octanol–water partition coefficient (Wildman–Crippen LogP) is 0.976. The van der Waals surface area contributed by atoms with Crippen LogP contribution in [0.15, 0.2) is 0 Å². The zero-order chi connectivity index (χ0) is 15.3. The van der Waals surface area contributed by atoms with E-state index in [1.807, 2.05) is 6.92 Å². The van der Waals surface area contributed by atoms with Gasteiger partial charge in [-0.2, -0.15) is 0 Å². The Kier molecular flexibility index (Phi) is 6.91. The van der Waals surface area contributed by atoms with Crippen LogP contribution in [0.3, 0.4) is 0 Å². The maximum Gasteiger partial charge on any atom is 0.211 e. The van der Waals surface area contributed by atoms with Gasteiger partial charge in [-0.05, 0) is 39.3 Å². The zero-order valence-electron chi connectivity index (χ0n) is 13.6. The SMILES string of the molecule is CCN(CCCNC1CC(C)N(C)CC1C)S(C)(=O)=O. The second-order valence-corrected chi connectivity index (χ2v) is 8.15. The van der Waals surface area contributed by atoms with Crippen molar-refractivity contribution in [1.29, 1.82) is 0 Å². The molecule has 120 valence electrons. The first kappa shape index (κ1) is 17.9. The van der Waals surface area contributed by atoms with Gasteiger partial charge < -0.3 is 10.2 Å². The summed E-state index contributed by atoms with van der Waals surface area (Å²) in [6.45, 7) is 9.62. The Balaban J connectivity index is 2.30. The molecule has 1 rings (SSSR count). The highest BCUT2D eigenvalue weighted by Crippen LogP contribution is 2.20. The van der Waals surface area contributed by atoms with Crippen LogP contribution >= 0.6 is 0 Å². The van der Waals surface area contributed by atoms with Gasteiger partial charge in [-0.3, -0.25) is 0 Å². The van der Waals surface area contributed by atoms with E-state index in [-0.39, 0.29) is 0 Å². The zero-order valence-corrected chi connectivity index (χ0v) is 14.4. The van der Waals surface area contributed by atoms with Crippen molar-refractivity contribution in [2.24, 2.45) is 5.92 Å². The summed E-state index contributed by atoms with van der Waals surface area (Å²) >= 11 is 0. The Labute approximate surface area is 124 Å². The lowest BCUT2D eigenvalue weighted by Gasteiger charge is -2.40. The summed E-state index contributed by atoms with van der Waals surface area (Å²) < 4.78 is 24.5. The Bertz CT molecular complexity index is 386. The van der Waals surface area contributed by atoms with Crippen molar-refractivity contribution in [3.63, 3.8) is 0 Å². The number of rotatable bonds is 7. The van der Waals surface area contributed by atoms with Crippen molar-refractivity contribution in [3.8, 4) is 0 Å². The number of likely N-dealkylation sites (tertiary alicyclic amines) is 1. The van der Waals surface area contributed by atoms with Gasteiger partial charge in [-0.1, -0.05) is 13.8 Å². The van der Waals surface area contributed by atoms with Crippen LogP contribution in [0.25, 0.3) is 0 Å². The molecule has 1 heterocycles. The minimum Gasteiger partial charge on any atom is -0.314 e. The van der Waals surface area contributed by atoms with Crippen LogP contribution in [0.1, 0.15) is 33.6 Å². The van der Waals surface area contributed by atoms with Crippen LogP contribution in [0.5, 0.6) is 0 Å². The standard InChI is InChI=1S/C14H31N3O2S/c1-6-17(20(5,18)19)9-7-8-15-14-10-13(3)16(4)11-12(14)2/h12-15H,6-11H2,1-5H3. The average Bonchev–Trinajstić information content (AvgIpc) is 2.33. The van der Waals surface area contributed by atoms with Crippen LogP contribution in [0.4, 0.5) is 0 Å². The van der Waals surface area contributed by atoms with E-state index >= 15 is 0 Å². The first-order valence-corrected chi connectivity index (χ1v) is 9.49. The topological polar surface area (TPSA) is 52.6 Å². The van der Waals surface area contributed by atoms with Gasteiger partial charge >= 0.3 is 0 Å². The van der Waals surface area contributed by atoms with Gasteiger partial charge in [0, 0.05) is 31.7 Å². The molecule has 0 radical (unpaired) electrons. The van der Waals surface area contributed by atoms with Gasteiger partial charge in [-0.25, -0.2) is 12.7 Å². The molecule has 5 nitrogen and oxygen atoms in total. The minimum atomic E-state index is -3.05. The van der Waals surface area contributed by atoms with Crippen LogP contribution in [0, 0.1) is 5.92 Å². The largest absolute Gasteiger partial charge is 0.314 e. The lowest BCUT2D eigenvalue weighted by Crippen LogP contribution is -2.51. The third-order valence-electron chi connectivity index (χ3n) is 4.42. The van der Waals surface area contributed by atoms with Crippen LogP contribution < -0.4 is 5.32 Å². The molecule has 3 unspecified atom stereocenters. The molecule has 20 heavy (non-hydrogen) atoms. The first-order chi connectivity index (χ1) is 9.25. The van der Waals surface area contributed by atoms with Gasteiger partial charge in [0.05, 0.1) is 6.26 Å². The molecule has 0 aromatic carbocycles. The smallest absolute Gasteiger partial charge is 0.211 e. The molecule has 0 saturated carbocycles. The molecule has 1 N–H and O–H groups in total. The van der Waals surface area contributed by atoms with Gasteiger partial charge in [0.15, 0.2) is 0 Å². The Hall–Kier alpha value is -0.170. The molecule has 0 aromatic rings. The summed E-state index contributed by atoms with van der Waals surface area (Å²) in [5.41, 5.74) is 0. The van der Waals surface area contributed by atoms with Crippen molar-refractivity contribution in [2.45, 2.75) is 45.7 Å². The van der Waals surface area contributed by atoms with Crippen molar-refractivity contribution in [2.75, 3.05) is 39.5 Å². The van der Waals surface area contributed by atoms with E-state index in [9.17, 15) is 8.42 Å². The lowest BCUT2D eigenvalue weighted by atomic mass is 9.90. The summed E-state index contributed by atoms with van der Waals surface area (Å²) in [5.74, 6) is 0.647. The second kappa shape index (κ2) is 7.73. The maximum atomic E-state index is 11.5. The summed E-state index contributed by atoms with van der Waals surface area (Å²) in [5, 5.41) is 3.61. The Morgan fingerprint density at radius 1 is 1.35 bits per heavy atom. The van der Waals surface area contributed by atoms with Crippen LogP contribution in [0.2, 0.25) is 0 Å². The summed E-state index contributed by atoms with van der Waals surface area (Å²) in [7, 11) is -0.865. The summed E-state index contributed by atoms with van der Waals surface area (Å²) in [4.78, 5) is 2.41. The van der Waals surface area contributed by atoms with E-state index in [0.29, 0.717) is 31.1 Å². The normalized spacial score (nSPS) is 29.0. The van der Waals surface area contributed by atoms with Crippen LogP contribution in [-0.4, -0.2) is 69.2 Å². The average molecular weight is 305 g/mol. The fourth-order valence-corrected chi connectivity index (χ4v) is 3.86. The third kappa shape index (κ3) is 5.31. The Morgan fingerprint density at radius 3 is 2.55 bits per heavy atom. The van der Waals surface area contributed by atoms with Gasteiger partial charge in [0.25, 0.3) is 0 Å². The summed E-state index contributed by atoms with van der Waals surface area (Å²) in [6, 6.07) is 1.17. The third-order valence-corrected chi connectivity index (χ3v) is 5.80. The molecule has 1 aliphatic rings. The number of hydrogen-bond acceptors (Lipinski definition) is 4. The van der Waals surface area contributed by atoms with E-state index in [1.54, 1.807) is 0 Å². The fraction of sp³-hybridized carbons (Fsp3) is 1.00. The molecule has 0 aliphatic carbocycles. The van der Waals surface area contributed by atoms with Crippen molar-refractivity contribution in [1.82, 2.24) is 14.5 Å². The first-order valence-electron chi connectivity index (χ1n) is 7.64. The van der Waals surface area contributed by atoms with Gasteiger partial charge in [-0.15, -0.1) is 0 Å². The lowest BCUT2D eigenvalue weighted by molar-refractivity contribution is 0.121. The number of hydrogen-bond donors (Lipinski definition) is 1. The van der Waals surface area contributed by atoms with Crippen LogP contribution in [-0.2, 0) is 10.0 Å². The molecule has 1 saturated heterocycles. The number of sulfonamides is 1. The minimum absolute atomic E-state index is 0.550. The molecule has 6 heteroatoms. The Morgan fingerprint density at radius 2 is 2.00 bits per heavy atom. The molecule has 0 aromatic heterocycles. The highest BCUT2D eigenvalue weighted by Gasteiger charge is 2.28. The van der Waals surface area contributed by atoms with Gasteiger partial charge in [0.1, 0.15) is 0 Å². The summed E-state index contributed by atoms with van der Waals surface area (Å²) in [6.07, 6.45) is 3.32. The number of nitrogens with zero attached hydrogens (tertiary/aromatic N) is 2. The van der Waals surface area contributed by atoms with E-state index in [4.69, 9.17) is 0 Å². The molecule has 3 atom stereocenters. The molecular weight excluding hydrogens is 274 g/mol. The van der Waals surface area contributed by atoms with Crippen molar-refractivity contribution < 1.29 is 8.42 Å². The van der Waals surface area contributed by atoms with Crippen molar-refractivity contribution >= 4 is 10.0 Å². The number of nitrogens with one attached hydrogen (secondary N) is 1. The molecular formula is C14H31N3O2S. The highest BCUT2D eigenvalue weighted by molar-refractivity contribution is 7.88. The van der Waals surface area contributed by atoms with E-state index in [1.165, 1.54) is 17.0 Å². The maximum absolute atomic E-state index is 11.5. The predicted molar refractivity (Wildman–Crippen MR) is 84.4 cm³/mol. The highest BCUT2D eigenvalue weighted by atomic mass is 32.2. The molecule has 1 fully saturated rings. The molecule has 0 bridgehead atoms. The molecule has 0 amide bonds. The quantitative estimate of drug-likeness (QED) is 0.712. The van der Waals surface area contributed by atoms with E-state index in [0.717, 1.165) is 19.5 Å². The molecule has 0 spiro atoms. The van der Waals surface area contributed by atoms with E-state index < -0.39 is 10.0 Å². The van der Waals surface area contributed by atoms with Crippen molar-refractivity contribution in [3.05, 3.63) is 0 Å². The van der Waals surface area contributed by atoms with Gasteiger partial charge in [0.2, 0.25) is 10.0 Å². The second-order valence-electron chi connectivity index (χ2n) is 6.17. The number of piperidine rings is 1.